The van der Waals surface area contributed by atoms with Crippen LogP contribution in [0.4, 0.5) is 0 Å². The molecule has 0 spiro atoms. The van der Waals surface area contributed by atoms with Crippen LogP contribution < -0.4 is 0 Å². The molecule has 0 aromatic heterocycles. The van der Waals surface area contributed by atoms with Crippen LogP contribution >= 0.6 is 15.9 Å². The van der Waals surface area contributed by atoms with Gasteiger partial charge in [-0.2, -0.15) is 0 Å². The Morgan fingerprint density at radius 3 is 2.58 bits per heavy atom. The highest BCUT2D eigenvalue weighted by Crippen LogP contribution is 2.22. The molecule has 7 heteroatoms. The van der Waals surface area contributed by atoms with Crippen LogP contribution in [0, 0.1) is 6.92 Å². The number of halogens is 1. The van der Waals surface area contributed by atoms with Crippen molar-refractivity contribution in [1.29, 1.82) is 0 Å². The summed E-state index contributed by atoms with van der Waals surface area (Å²) in [6, 6.07) is 4.81. The predicted molar refractivity (Wildman–Crippen MR) is 75.3 cm³/mol. The van der Waals surface area contributed by atoms with Crippen molar-refractivity contribution in [1.82, 2.24) is 4.31 Å². The second-order valence-electron chi connectivity index (χ2n) is 4.06. The molecule has 1 aromatic carbocycles. The number of sulfonamides is 1. The molecule has 0 saturated carbocycles. The van der Waals surface area contributed by atoms with E-state index in [1.165, 1.54) is 20.2 Å². The van der Waals surface area contributed by atoms with Crippen LogP contribution in [0.3, 0.4) is 0 Å². The third kappa shape index (κ3) is 4.02. The van der Waals surface area contributed by atoms with E-state index in [-0.39, 0.29) is 17.9 Å². The third-order valence-corrected chi connectivity index (χ3v) is 5.44. The molecule has 0 radical (unpaired) electrons. The summed E-state index contributed by atoms with van der Waals surface area (Å²) in [5.74, 6) is -0.436. The SMILES string of the molecule is COC(=O)CCN(C)S(=O)(=O)c1ccc(Br)c(C)c1. The fraction of sp³-hybridized carbons (Fsp3) is 0.417. The van der Waals surface area contributed by atoms with Crippen molar-refractivity contribution in [3.05, 3.63) is 28.2 Å². The van der Waals surface area contributed by atoms with E-state index in [9.17, 15) is 13.2 Å². The summed E-state index contributed by atoms with van der Waals surface area (Å²) in [6.07, 6.45) is 0.0295. The first kappa shape index (κ1) is 16.1. The molecule has 0 N–H and O–H groups in total. The molecule has 0 atom stereocenters. The summed E-state index contributed by atoms with van der Waals surface area (Å²) >= 11 is 3.32. The van der Waals surface area contributed by atoms with Gasteiger partial charge >= 0.3 is 5.97 Å². The van der Waals surface area contributed by atoms with Gasteiger partial charge in [0.1, 0.15) is 0 Å². The number of hydrogen-bond acceptors (Lipinski definition) is 4. The molecule has 0 aliphatic rings. The van der Waals surface area contributed by atoms with Crippen LogP contribution in [0.5, 0.6) is 0 Å². The molecular weight excluding hydrogens is 334 g/mol. The average Bonchev–Trinajstić information content (AvgIpc) is 2.38. The number of benzene rings is 1. The van der Waals surface area contributed by atoms with Crippen molar-refractivity contribution in [3.63, 3.8) is 0 Å². The minimum absolute atomic E-state index is 0.0295. The number of methoxy groups -OCH3 is 1. The van der Waals surface area contributed by atoms with Crippen LogP contribution in [-0.4, -0.2) is 39.4 Å². The van der Waals surface area contributed by atoms with Crippen molar-refractivity contribution in [2.24, 2.45) is 0 Å². The first-order valence-electron chi connectivity index (χ1n) is 5.58. The number of ether oxygens (including phenoxy) is 1. The lowest BCUT2D eigenvalue weighted by Crippen LogP contribution is -2.29. The first-order valence-corrected chi connectivity index (χ1v) is 7.81. The lowest BCUT2D eigenvalue weighted by molar-refractivity contribution is -0.140. The normalized spacial score (nSPS) is 11.6. The van der Waals surface area contributed by atoms with Gasteiger partial charge in [0.25, 0.3) is 0 Å². The van der Waals surface area contributed by atoms with Gasteiger partial charge in [-0.3, -0.25) is 4.79 Å². The summed E-state index contributed by atoms with van der Waals surface area (Å²) in [4.78, 5) is 11.2. The lowest BCUT2D eigenvalue weighted by Gasteiger charge is -2.17. The van der Waals surface area contributed by atoms with E-state index in [0.29, 0.717) is 0 Å². The number of carbonyl (C=O) groups excluding carboxylic acids is 1. The Morgan fingerprint density at radius 2 is 2.05 bits per heavy atom. The van der Waals surface area contributed by atoms with Crippen molar-refractivity contribution in [2.75, 3.05) is 20.7 Å². The van der Waals surface area contributed by atoms with Gasteiger partial charge in [0.15, 0.2) is 0 Å². The molecule has 1 aromatic rings. The smallest absolute Gasteiger partial charge is 0.306 e. The van der Waals surface area contributed by atoms with E-state index in [1.54, 1.807) is 12.1 Å². The van der Waals surface area contributed by atoms with Crippen LogP contribution in [0.2, 0.25) is 0 Å². The largest absolute Gasteiger partial charge is 0.469 e. The fourth-order valence-electron chi connectivity index (χ4n) is 1.43. The van der Waals surface area contributed by atoms with Gasteiger partial charge in [-0.25, -0.2) is 12.7 Å². The molecule has 5 nitrogen and oxygen atoms in total. The van der Waals surface area contributed by atoms with E-state index < -0.39 is 16.0 Å². The molecule has 106 valence electrons. The van der Waals surface area contributed by atoms with Gasteiger partial charge in [0.2, 0.25) is 10.0 Å². The highest BCUT2D eigenvalue weighted by Gasteiger charge is 2.21. The van der Waals surface area contributed by atoms with Gasteiger partial charge < -0.3 is 4.74 Å². The number of carbonyl (C=O) groups is 1. The Balaban J connectivity index is 2.90. The van der Waals surface area contributed by atoms with Crippen LogP contribution in [-0.2, 0) is 19.6 Å². The Labute approximate surface area is 121 Å². The number of aryl methyl sites for hydroxylation is 1. The zero-order valence-corrected chi connectivity index (χ0v) is 13.4. The molecule has 0 saturated heterocycles. The quantitative estimate of drug-likeness (QED) is 0.762. The monoisotopic (exact) mass is 349 g/mol. The zero-order valence-electron chi connectivity index (χ0n) is 11.0. The lowest BCUT2D eigenvalue weighted by atomic mass is 10.2. The number of esters is 1. The molecule has 0 amide bonds. The number of nitrogens with zero attached hydrogens (tertiary/aromatic N) is 1. The maximum atomic E-state index is 12.3. The van der Waals surface area contributed by atoms with Crippen LogP contribution in [0.25, 0.3) is 0 Å². The Kier molecular flexibility index (Phi) is 5.51. The molecule has 0 unspecified atom stereocenters. The Hall–Kier alpha value is -0.920. The number of hydrogen-bond donors (Lipinski definition) is 0. The fourth-order valence-corrected chi connectivity index (χ4v) is 2.93. The summed E-state index contributed by atoms with van der Waals surface area (Å²) < 4.78 is 31.0. The molecule has 0 fully saturated rings. The second-order valence-corrected chi connectivity index (χ2v) is 6.96. The van der Waals surface area contributed by atoms with Gasteiger partial charge in [-0.05, 0) is 30.7 Å². The standard InChI is InChI=1S/C12H16BrNO4S/c1-9-8-10(4-5-11(9)13)19(16,17)14(2)7-6-12(15)18-3/h4-5,8H,6-7H2,1-3H3. The molecule has 0 heterocycles. The van der Waals surface area contributed by atoms with E-state index in [4.69, 9.17) is 0 Å². The summed E-state index contributed by atoms with van der Waals surface area (Å²) in [5.41, 5.74) is 0.836. The van der Waals surface area contributed by atoms with Gasteiger partial charge in [0, 0.05) is 18.1 Å². The minimum atomic E-state index is -3.58. The third-order valence-electron chi connectivity index (χ3n) is 2.70. The van der Waals surface area contributed by atoms with E-state index >= 15 is 0 Å². The highest BCUT2D eigenvalue weighted by molar-refractivity contribution is 9.10. The van der Waals surface area contributed by atoms with E-state index in [2.05, 4.69) is 20.7 Å². The predicted octanol–water partition coefficient (Wildman–Crippen LogP) is 1.94. The maximum Gasteiger partial charge on any atom is 0.306 e. The molecule has 0 aliphatic heterocycles. The molecule has 0 aliphatic carbocycles. The van der Waals surface area contributed by atoms with Gasteiger partial charge in [-0.15, -0.1) is 0 Å². The van der Waals surface area contributed by atoms with Gasteiger partial charge in [0.05, 0.1) is 18.4 Å². The topological polar surface area (TPSA) is 63.7 Å². The maximum absolute atomic E-state index is 12.3. The highest BCUT2D eigenvalue weighted by atomic mass is 79.9. The zero-order chi connectivity index (χ0) is 14.6. The summed E-state index contributed by atoms with van der Waals surface area (Å²) in [7, 11) is -0.865. The first-order chi connectivity index (χ1) is 8.78. The molecule has 19 heavy (non-hydrogen) atoms. The summed E-state index contributed by atoms with van der Waals surface area (Å²) in [6.45, 7) is 1.90. The molecule has 0 bridgehead atoms. The molecule has 1 rings (SSSR count). The second kappa shape index (κ2) is 6.49. The summed E-state index contributed by atoms with van der Waals surface area (Å²) in [5, 5.41) is 0. The average molecular weight is 350 g/mol. The number of rotatable bonds is 5. The van der Waals surface area contributed by atoms with Crippen molar-refractivity contribution >= 4 is 31.9 Å². The molecular formula is C12H16BrNO4S. The minimum Gasteiger partial charge on any atom is -0.469 e. The van der Waals surface area contributed by atoms with Crippen LogP contribution in [0.15, 0.2) is 27.6 Å². The van der Waals surface area contributed by atoms with Crippen molar-refractivity contribution in [2.45, 2.75) is 18.2 Å². The van der Waals surface area contributed by atoms with Crippen molar-refractivity contribution < 1.29 is 17.9 Å². The Morgan fingerprint density at radius 1 is 1.42 bits per heavy atom. The van der Waals surface area contributed by atoms with Crippen molar-refractivity contribution in [3.8, 4) is 0 Å². The van der Waals surface area contributed by atoms with Gasteiger partial charge in [-0.1, -0.05) is 15.9 Å². The van der Waals surface area contributed by atoms with E-state index in [0.717, 1.165) is 14.3 Å². The van der Waals surface area contributed by atoms with Crippen LogP contribution in [0.1, 0.15) is 12.0 Å². The Bertz CT molecular complexity index is 571. The van der Waals surface area contributed by atoms with E-state index in [1.807, 2.05) is 6.92 Å².